The van der Waals surface area contributed by atoms with Crippen LogP contribution in [0.25, 0.3) is 6.08 Å². The van der Waals surface area contributed by atoms with Crippen LogP contribution in [-0.2, 0) is 9.53 Å². The summed E-state index contributed by atoms with van der Waals surface area (Å²) in [6.07, 6.45) is 3.13. The van der Waals surface area contributed by atoms with Crippen LogP contribution in [0.15, 0.2) is 30.3 Å². The smallest absolute Gasteiger partial charge is 0.330 e. The quantitative estimate of drug-likeness (QED) is 0.558. The van der Waals surface area contributed by atoms with Crippen LogP contribution in [0.1, 0.15) is 5.56 Å². The number of esters is 1. The van der Waals surface area contributed by atoms with E-state index in [2.05, 4.69) is 4.74 Å². The molecule has 0 fully saturated rings. The average molecular weight is 205 g/mol. The lowest BCUT2D eigenvalue weighted by Gasteiger charge is -2.11. The summed E-state index contributed by atoms with van der Waals surface area (Å²) in [6, 6.07) is 7.90. The van der Waals surface area contributed by atoms with E-state index in [0.717, 1.165) is 11.3 Å². The third kappa shape index (κ3) is 3.46. The maximum atomic E-state index is 10.8. The van der Waals surface area contributed by atoms with Crippen LogP contribution in [0.2, 0.25) is 0 Å². The van der Waals surface area contributed by atoms with Crippen molar-refractivity contribution in [2.24, 2.45) is 0 Å². The fraction of sp³-hybridized carbons (Fsp3) is 0.250. The summed E-state index contributed by atoms with van der Waals surface area (Å²) in [5.74, 6) is -0.341. The normalized spacial score (nSPS) is 10.3. The molecule has 0 saturated carbocycles. The van der Waals surface area contributed by atoms with Gasteiger partial charge in [-0.05, 0) is 23.8 Å². The van der Waals surface area contributed by atoms with Crippen LogP contribution < -0.4 is 4.90 Å². The second kappa shape index (κ2) is 5.20. The van der Waals surface area contributed by atoms with E-state index >= 15 is 0 Å². The molecular weight excluding hydrogens is 190 g/mol. The number of anilines is 1. The van der Waals surface area contributed by atoms with E-state index in [4.69, 9.17) is 0 Å². The van der Waals surface area contributed by atoms with Gasteiger partial charge in [-0.2, -0.15) is 0 Å². The molecule has 3 heteroatoms. The number of carbonyl (C=O) groups is 1. The molecule has 1 aromatic rings. The predicted octanol–water partition coefficient (Wildman–Crippen LogP) is 1.94. The summed E-state index contributed by atoms with van der Waals surface area (Å²) in [5, 5.41) is 0. The van der Waals surface area contributed by atoms with E-state index in [9.17, 15) is 4.79 Å². The van der Waals surface area contributed by atoms with Crippen molar-refractivity contribution in [3.05, 3.63) is 35.9 Å². The van der Waals surface area contributed by atoms with Gasteiger partial charge in [0.15, 0.2) is 0 Å². The molecule has 0 radical (unpaired) electrons. The highest BCUT2D eigenvalue weighted by Crippen LogP contribution is 2.12. The van der Waals surface area contributed by atoms with Crippen LogP contribution in [0.3, 0.4) is 0 Å². The molecule has 0 N–H and O–H groups in total. The molecule has 80 valence electrons. The molecule has 0 spiro atoms. The number of ether oxygens (including phenoxy) is 1. The third-order valence-corrected chi connectivity index (χ3v) is 2.02. The number of nitrogens with zero attached hydrogens (tertiary/aromatic N) is 1. The summed E-state index contributed by atoms with van der Waals surface area (Å²) in [7, 11) is 5.33. The standard InChI is InChI=1S/C12H15NO2/c1-13(2)11-7-4-10(5-8-11)6-9-12(14)15-3/h4-9H,1-3H3/b9-6+. The zero-order valence-electron chi connectivity index (χ0n) is 9.23. The van der Waals surface area contributed by atoms with E-state index < -0.39 is 0 Å². The molecule has 0 atom stereocenters. The molecule has 1 rings (SSSR count). The van der Waals surface area contributed by atoms with Gasteiger partial charge in [0.05, 0.1) is 7.11 Å². The monoisotopic (exact) mass is 205 g/mol. The molecular formula is C12H15NO2. The highest BCUT2D eigenvalue weighted by atomic mass is 16.5. The first-order valence-corrected chi connectivity index (χ1v) is 4.67. The number of methoxy groups -OCH3 is 1. The molecule has 0 bridgehead atoms. The zero-order chi connectivity index (χ0) is 11.3. The van der Waals surface area contributed by atoms with Gasteiger partial charge in [-0.3, -0.25) is 0 Å². The molecule has 0 unspecified atom stereocenters. The SMILES string of the molecule is COC(=O)/C=C/c1ccc(N(C)C)cc1. The van der Waals surface area contributed by atoms with Crippen molar-refractivity contribution in [1.29, 1.82) is 0 Å². The van der Waals surface area contributed by atoms with Gasteiger partial charge in [-0.1, -0.05) is 12.1 Å². The van der Waals surface area contributed by atoms with E-state index in [-0.39, 0.29) is 5.97 Å². The van der Waals surface area contributed by atoms with Crippen molar-refractivity contribution in [3.63, 3.8) is 0 Å². The number of rotatable bonds is 3. The van der Waals surface area contributed by atoms with Gasteiger partial charge in [0.25, 0.3) is 0 Å². The highest BCUT2D eigenvalue weighted by molar-refractivity contribution is 5.86. The Morgan fingerprint density at radius 2 is 1.87 bits per heavy atom. The topological polar surface area (TPSA) is 29.5 Å². The van der Waals surface area contributed by atoms with Crippen LogP contribution in [0, 0.1) is 0 Å². The van der Waals surface area contributed by atoms with Crippen LogP contribution >= 0.6 is 0 Å². The van der Waals surface area contributed by atoms with Gasteiger partial charge in [0.1, 0.15) is 0 Å². The van der Waals surface area contributed by atoms with Gasteiger partial charge in [0.2, 0.25) is 0 Å². The minimum atomic E-state index is -0.341. The second-order valence-electron chi connectivity index (χ2n) is 3.34. The third-order valence-electron chi connectivity index (χ3n) is 2.02. The first-order valence-electron chi connectivity index (χ1n) is 4.67. The number of benzene rings is 1. The molecule has 0 aliphatic heterocycles. The van der Waals surface area contributed by atoms with Crippen molar-refractivity contribution in [3.8, 4) is 0 Å². The zero-order valence-corrected chi connectivity index (χ0v) is 9.23. The molecule has 0 aromatic heterocycles. The van der Waals surface area contributed by atoms with Gasteiger partial charge < -0.3 is 9.64 Å². The molecule has 0 aliphatic carbocycles. The van der Waals surface area contributed by atoms with Gasteiger partial charge in [-0.25, -0.2) is 4.79 Å². The maximum absolute atomic E-state index is 10.8. The Morgan fingerprint density at radius 1 is 1.27 bits per heavy atom. The largest absolute Gasteiger partial charge is 0.466 e. The minimum Gasteiger partial charge on any atom is -0.466 e. The summed E-state index contributed by atoms with van der Waals surface area (Å²) >= 11 is 0. The molecule has 1 aromatic carbocycles. The fourth-order valence-electron chi connectivity index (χ4n) is 1.12. The van der Waals surface area contributed by atoms with E-state index in [1.54, 1.807) is 6.08 Å². The predicted molar refractivity (Wildman–Crippen MR) is 61.8 cm³/mol. The van der Waals surface area contributed by atoms with Crippen LogP contribution in [0.5, 0.6) is 0 Å². The number of hydrogen-bond acceptors (Lipinski definition) is 3. The Morgan fingerprint density at radius 3 is 2.33 bits per heavy atom. The number of hydrogen-bond donors (Lipinski definition) is 0. The van der Waals surface area contributed by atoms with Gasteiger partial charge in [-0.15, -0.1) is 0 Å². The van der Waals surface area contributed by atoms with Crippen molar-refractivity contribution < 1.29 is 9.53 Å². The first-order chi connectivity index (χ1) is 7.13. The Balaban J connectivity index is 2.72. The Bertz CT molecular complexity index is 352. The van der Waals surface area contributed by atoms with Crippen LogP contribution in [0.4, 0.5) is 5.69 Å². The Kier molecular flexibility index (Phi) is 3.92. The summed E-state index contributed by atoms with van der Waals surface area (Å²) < 4.78 is 4.50. The first kappa shape index (κ1) is 11.3. The van der Waals surface area contributed by atoms with Crippen molar-refractivity contribution in [2.75, 3.05) is 26.1 Å². The average Bonchev–Trinajstić information content (AvgIpc) is 2.26. The molecule has 0 saturated heterocycles. The molecule has 15 heavy (non-hydrogen) atoms. The van der Waals surface area contributed by atoms with Gasteiger partial charge >= 0.3 is 5.97 Å². The Hall–Kier alpha value is -1.77. The number of carbonyl (C=O) groups excluding carboxylic acids is 1. The second-order valence-corrected chi connectivity index (χ2v) is 3.34. The minimum absolute atomic E-state index is 0.341. The van der Waals surface area contributed by atoms with E-state index in [0.29, 0.717) is 0 Å². The lowest BCUT2D eigenvalue weighted by molar-refractivity contribution is -0.134. The lowest BCUT2D eigenvalue weighted by atomic mass is 10.2. The summed E-state index contributed by atoms with van der Waals surface area (Å²) in [6.45, 7) is 0. The fourth-order valence-corrected chi connectivity index (χ4v) is 1.12. The Labute approximate surface area is 90.0 Å². The summed E-state index contributed by atoms with van der Waals surface area (Å²) in [4.78, 5) is 12.9. The highest BCUT2D eigenvalue weighted by Gasteiger charge is 1.94. The van der Waals surface area contributed by atoms with Crippen molar-refractivity contribution in [1.82, 2.24) is 0 Å². The summed E-state index contributed by atoms with van der Waals surface area (Å²) in [5.41, 5.74) is 2.11. The molecule has 3 nitrogen and oxygen atoms in total. The van der Waals surface area contributed by atoms with Crippen molar-refractivity contribution in [2.45, 2.75) is 0 Å². The van der Waals surface area contributed by atoms with Crippen LogP contribution in [-0.4, -0.2) is 27.2 Å². The van der Waals surface area contributed by atoms with Crippen molar-refractivity contribution >= 4 is 17.7 Å². The molecule has 0 heterocycles. The molecule has 0 amide bonds. The molecule has 0 aliphatic rings. The van der Waals surface area contributed by atoms with E-state index in [1.165, 1.54) is 13.2 Å². The van der Waals surface area contributed by atoms with Gasteiger partial charge in [0, 0.05) is 25.9 Å². The lowest BCUT2D eigenvalue weighted by Crippen LogP contribution is -2.07. The maximum Gasteiger partial charge on any atom is 0.330 e. The van der Waals surface area contributed by atoms with E-state index in [1.807, 2.05) is 43.3 Å².